The number of fused-ring (bicyclic) bond motifs is 1. The maximum absolute atomic E-state index is 13.9. The summed E-state index contributed by atoms with van der Waals surface area (Å²) in [6, 6.07) is 10.4. The molecule has 1 aliphatic rings. The van der Waals surface area contributed by atoms with Crippen LogP contribution in [0, 0.1) is 11.6 Å². The fraction of sp³-hybridized carbons (Fsp3) is 0.111. The van der Waals surface area contributed by atoms with Crippen molar-refractivity contribution in [2.75, 3.05) is 11.4 Å². The lowest BCUT2D eigenvalue weighted by molar-refractivity contribution is 0.0984. The first-order valence-electron chi connectivity index (χ1n) is 7.65. The van der Waals surface area contributed by atoms with Gasteiger partial charge >= 0.3 is 0 Å². The molecule has 0 radical (unpaired) electrons. The Labute approximate surface area is 147 Å². The molecule has 2 heterocycles. The highest BCUT2D eigenvalue weighted by atomic mass is 35.5. The Morgan fingerprint density at radius 2 is 1.80 bits per heavy atom. The molecule has 0 atom stereocenters. The van der Waals surface area contributed by atoms with E-state index < -0.39 is 11.6 Å². The maximum Gasteiger partial charge on any atom is 0.278 e. The quantitative estimate of drug-likeness (QED) is 0.693. The van der Waals surface area contributed by atoms with E-state index in [0.717, 1.165) is 28.1 Å². The predicted octanol–water partition coefficient (Wildman–Crippen LogP) is 4.01. The lowest BCUT2D eigenvalue weighted by Gasteiger charge is -2.16. The fourth-order valence-electron chi connectivity index (χ4n) is 3.01. The van der Waals surface area contributed by atoms with Crippen molar-refractivity contribution in [1.82, 2.24) is 9.78 Å². The molecule has 0 spiro atoms. The van der Waals surface area contributed by atoms with Gasteiger partial charge in [0.1, 0.15) is 5.69 Å². The highest BCUT2D eigenvalue weighted by Crippen LogP contribution is 2.34. The summed E-state index contributed by atoms with van der Waals surface area (Å²) in [7, 11) is 0. The number of rotatable bonds is 2. The van der Waals surface area contributed by atoms with Crippen LogP contribution in [0.3, 0.4) is 0 Å². The Hall–Kier alpha value is -2.73. The third-order valence-electron chi connectivity index (χ3n) is 4.19. The van der Waals surface area contributed by atoms with Crippen LogP contribution < -0.4 is 4.90 Å². The summed E-state index contributed by atoms with van der Waals surface area (Å²) in [6.45, 7) is 0.485. The van der Waals surface area contributed by atoms with E-state index >= 15 is 0 Å². The Morgan fingerprint density at radius 1 is 1.08 bits per heavy atom. The Balaban J connectivity index is 1.68. The van der Waals surface area contributed by atoms with E-state index in [1.807, 2.05) is 6.07 Å². The zero-order valence-electron chi connectivity index (χ0n) is 12.9. The van der Waals surface area contributed by atoms with Gasteiger partial charge < -0.3 is 4.90 Å². The van der Waals surface area contributed by atoms with Crippen molar-refractivity contribution < 1.29 is 13.6 Å². The zero-order chi connectivity index (χ0) is 17.6. The maximum atomic E-state index is 13.9. The number of hydrogen-bond donors (Lipinski definition) is 0. The van der Waals surface area contributed by atoms with Crippen LogP contribution in [0.2, 0.25) is 5.02 Å². The first-order chi connectivity index (χ1) is 12.1. The van der Waals surface area contributed by atoms with Crippen molar-refractivity contribution in [3.63, 3.8) is 0 Å². The zero-order valence-corrected chi connectivity index (χ0v) is 13.7. The van der Waals surface area contributed by atoms with Gasteiger partial charge in [-0.2, -0.15) is 5.10 Å². The van der Waals surface area contributed by atoms with Gasteiger partial charge in [-0.05, 0) is 42.3 Å². The molecule has 7 heteroatoms. The van der Waals surface area contributed by atoms with E-state index in [0.29, 0.717) is 18.0 Å². The van der Waals surface area contributed by atoms with E-state index in [4.69, 9.17) is 11.6 Å². The molecule has 0 bridgehead atoms. The summed E-state index contributed by atoms with van der Waals surface area (Å²) in [4.78, 5) is 14.3. The number of halogens is 3. The molecule has 126 valence electrons. The summed E-state index contributed by atoms with van der Waals surface area (Å²) in [6.07, 6.45) is 2.02. The second-order valence-corrected chi connectivity index (χ2v) is 6.07. The molecule has 0 saturated carbocycles. The lowest BCUT2D eigenvalue weighted by Crippen LogP contribution is -2.29. The van der Waals surface area contributed by atoms with E-state index in [9.17, 15) is 13.6 Å². The van der Waals surface area contributed by atoms with Crippen LogP contribution in [0.25, 0.3) is 5.69 Å². The number of anilines is 1. The molecule has 3 aromatic rings. The third kappa shape index (κ3) is 2.59. The normalized spacial score (nSPS) is 13.2. The van der Waals surface area contributed by atoms with Crippen molar-refractivity contribution >= 4 is 23.2 Å². The van der Waals surface area contributed by atoms with Gasteiger partial charge in [-0.3, -0.25) is 4.79 Å². The van der Waals surface area contributed by atoms with Crippen molar-refractivity contribution in [3.8, 4) is 5.69 Å². The van der Waals surface area contributed by atoms with Gasteiger partial charge in [-0.15, -0.1) is 0 Å². The van der Waals surface area contributed by atoms with Crippen molar-refractivity contribution in [1.29, 1.82) is 0 Å². The first kappa shape index (κ1) is 15.8. The van der Waals surface area contributed by atoms with Gasteiger partial charge in [0.25, 0.3) is 5.91 Å². The SMILES string of the molecule is O=C(c1ccn(-c2c(F)cccc2F)n1)N1CCc2c(Cl)cccc21. The molecule has 1 aromatic heterocycles. The van der Waals surface area contributed by atoms with Gasteiger partial charge in [-0.25, -0.2) is 13.5 Å². The van der Waals surface area contributed by atoms with Crippen LogP contribution >= 0.6 is 11.6 Å². The lowest BCUT2D eigenvalue weighted by atomic mass is 10.2. The molecule has 1 aliphatic heterocycles. The van der Waals surface area contributed by atoms with E-state index in [-0.39, 0.29) is 17.3 Å². The van der Waals surface area contributed by atoms with Gasteiger partial charge in [0.2, 0.25) is 0 Å². The summed E-state index contributed by atoms with van der Waals surface area (Å²) >= 11 is 6.16. The van der Waals surface area contributed by atoms with Crippen LogP contribution in [-0.4, -0.2) is 22.2 Å². The van der Waals surface area contributed by atoms with Crippen LogP contribution in [0.5, 0.6) is 0 Å². The van der Waals surface area contributed by atoms with Gasteiger partial charge in [-0.1, -0.05) is 23.7 Å². The minimum atomic E-state index is -0.750. The standard InChI is InChI=1S/C18H12ClF2N3O/c19-12-3-1-6-16-11(12)7-9-23(16)18(25)15-8-10-24(22-15)17-13(20)4-2-5-14(17)21/h1-6,8,10H,7,9H2. The molecule has 4 rings (SSSR count). The third-order valence-corrected chi connectivity index (χ3v) is 4.54. The van der Waals surface area contributed by atoms with Gasteiger partial charge in [0, 0.05) is 23.5 Å². The first-order valence-corrected chi connectivity index (χ1v) is 8.03. The molecule has 4 nitrogen and oxygen atoms in total. The molecule has 0 unspecified atom stereocenters. The molecule has 0 saturated heterocycles. The largest absolute Gasteiger partial charge is 0.306 e. The number of carbonyl (C=O) groups excluding carboxylic acids is 1. The molecule has 0 fully saturated rings. The molecule has 0 N–H and O–H groups in total. The molecular formula is C18H12ClF2N3O. The van der Waals surface area contributed by atoms with Crippen molar-refractivity contribution in [2.45, 2.75) is 6.42 Å². The average molecular weight is 360 g/mol. The number of amides is 1. The van der Waals surface area contributed by atoms with Crippen LogP contribution in [-0.2, 0) is 6.42 Å². The van der Waals surface area contributed by atoms with E-state index in [1.165, 1.54) is 18.3 Å². The fourth-order valence-corrected chi connectivity index (χ4v) is 3.28. The van der Waals surface area contributed by atoms with Crippen LogP contribution in [0.1, 0.15) is 16.1 Å². The molecule has 1 amide bonds. The second kappa shape index (κ2) is 5.97. The monoisotopic (exact) mass is 359 g/mol. The summed E-state index contributed by atoms with van der Waals surface area (Å²) in [5, 5.41) is 4.67. The highest BCUT2D eigenvalue weighted by molar-refractivity contribution is 6.32. The minimum absolute atomic E-state index is 0.107. The topological polar surface area (TPSA) is 38.1 Å². The Morgan fingerprint density at radius 3 is 2.56 bits per heavy atom. The number of para-hydroxylation sites is 1. The Kier molecular flexibility index (Phi) is 3.77. The van der Waals surface area contributed by atoms with E-state index in [1.54, 1.807) is 17.0 Å². The number of carbonyl (C=O) groups is 1. The number of hydrogen-bond acceptors (Lipinski definition) is 2. The van der Waals surface area contributed by atoms with Crippen LogP contribution in [0.15, 0.2) is 48.7 Å². The van der Waals surface area contributed by atoms with Gasteiger partial charge in [0.15, 0.2) is 17.3 Å². The smallest absolute Gasteiger partial charge is 0.278 e. The summed E-state index contributed by atoms with van der Waals surface area (Å²) < 4.78 is 28.8. The average Bonchev–Trinajstić information content (AvgIpc) is 3.22. The molecule has 2 aromatic carbocycles. The Bertz CT molecular complexity index is 966. The number of nitrogens with zero attached hydrogens (tertiary/aromatic N) is 3. The summed E-state index contributed by atoms with van der Waals surface area (Å²) in [5.74, 6) is -1.84. The second-order valence-electron chi connectivity index (χ2n) is 5.66. The minimum Gasteiger partial charge on any atom is -0.306 e. The molecule has 0 aliphatic carbocycles. The highest BCUT2D eigenvalue weighted by Gasteiger charge is 2.28. The molecular weight excluding hydrogens is 348 g/mol. The molecule has 25 heavy (non-hydrogen) atoms. The summed E-state index contributed by atoms with van der Waals surface area (Å²) in [5.41, 5.74) is 1.45. The van der Waals surface area contributed by atoms with E-state index in [2.05, 4.69) is 5.10 Å². The van der Waals surface area contributed by atoms with Crippen molar-refractivity contribution in [2.24, 2.45) is 0 Å². The number of aromatic nitrogens is 2. The predicted molar refractivity (Wildman–Crippen MR) is 90.3 cm³/mol. The van der Waals surface area contributed by atoms with Crippen molar-refractivity contribution in [3.05, 3.63) is 76.6 Å². The van der Waals surface area contributed by atoms with Crippen LogP contribution in [0.4, 0.5) is 14.5 Å². The number of benzene rings is 2. The van der Waals surface area contributed by atoms with Gasteiger partial charge in [0.05, 0.1) is 0 Å².